The normalized spacial score (nSPS) is 19.5. The van der Waals surface area contributed by atoms with E-state index in [0.29, 0.717) is 13.2 Å². The van der Waals surface area contributed by atoms with Gasteiger partial charge in [0.2, 0.25) is 5.91 Å². The third kappa shape index (κ3) is 5.05. The van der Waals surface area contributed by atoms with Crippen LogP contribution in [0.2, 0.25) is 0 Å². The summed E-state index contributed by atoms with van der Waals surface area (Å²) in [6.45, 7) is 5.92. The van der Waals surface area contributed by atoms with Crippen molar-refractivity contribution >= 4 is 5.91 Å². The van der Waals surface area contributed by atoms with Crippen LogP contribution in [-0.4, -0.2) is 61.6 Å². The molecule has 122 valence electrons. The van der Waals surface area contributed by atoms with Crippen molar-refractivity contribution < 1.29 is 13.9 Å². The Morgan fingerprint density at radius 2 is 2.32 bits per heavy atom. The molecule has 1 aliphatic heterocycles. The van der Waals surface area contributed by atoms with Crippen LogP contribution in [0, 0.1) is 12.7 Å². The van der Waals surface area contributed by atoms with Gasteiger partial charge in [-0.2, -0.15) is 0 Å². The summed E-state index contributed by atoms with van der Waals surface area (Å²) < 4.78 is 18.9. The number of rotatable bonds is 6. The van der Waals surface area contributed by atoms with Crippen LogP contribution in [0.3, 0.4) is 0 Å². The van der Waals surface area contributed by atoms with E-state index in [0.717, 1.165) is 30.8 Å². The number of hydrogen-bond donors (Lipinski definition) is 1. The minimum atomic E-state index is -0.336. The van der Waals surface area contributed by atoms with Crippen molar-refractivity contribution in [2.45, 2.75) is 19.6 Å². The van der Waals surface area contributed by atoms with Gasteiger partial charge in [0.1, 0.15) is 5.82 Å². The fourth-order valence-corrected chi connectivity index (χ4v) is 2.79. The average molecular weight is 309 g/mol. The summed E-state index contributed by atoms with van der Waals surface area (Å²) in [5.41, 5.74) is 7.29. The molecule has 0 saturated carbocycles. The number of carbonyl (C=O) groups is 1. The second-order valence-electron chi connectivity index (χ2n) is 5.96. The summed E-state index contributed by atoms with van der Waals surface area (Å²) >= 11 is 0. The Hall–Kier alpha value is -1.50. The van der Waals surface area contributed by atoms with Gasteiger partial charge in [0.05, 0.1) is 19.3 Å². The van der Waals surface area contributed by atoms with E-state index in [2.05, 4.69) is 4.90 Å². The number of carbonyl (C=O) groups excluding carboxylic acids is 1. The van der Waals surface area contributed by atoms with E-state index in [9.17, 15) is 9.18 Å². The monoisotopic (exact) mass is 309 g/mol. The quantitative estimate of drug-likeness (QED) is 0.842. The van der Waals surface area contributed by atoms with Gasteiger partial charge in [-0.25, -0.2) is 4.39 Å². The number of amides is 1. The largest absolute Gasteiger partial charge is 0.374 e. The lowest BCUT2D eigenvalue weighted by Gasteiger charge is -2.34. The zero-order valence-corrected chi connectivity index (χ0v) is 13.2. The molecule has 1 saturated heterocycles. The molecular formula is C16H24FN3O2. The van der Waals surface area contributed by atoms with Gasteiger partial charge >= 0.3 is 0 Å². The highest BCUT2D eigenvalue weighted by Gasteiger charge is 2.22. The van der Waals surface area contributed by atoms with Gasteiger partial charge in [0, 0.05) is 26.2 Å². The minimum Gasteiger partial charge on any atom is -0.374 e. The molecule has 22 heavy (non-hydrogen) atoms. The van der Waals surface area contributed by atoms with Crippen molar-refractivity contribution in [2.24, 2.45) is 5.73 Å². The molecule has 1 aromatic rings. The molecule has 2 rings (SSSR count). The van der Waals surface area contributed by atoms with E-state index in [1.54, 1.807) is 6.07 Å². The Morgan fingerprint density at radius 3 is 3.00 bits per heavy atom. The number of aryl methyl sites for hydroxylation is 1. The van der Waals surface area contributed by atoms with Gasteiger partial charge in [-0.3, -0.25) is 14.6 Å². The SMILES string of the molecule is Cc1cc(F)ccc1CN1CCO[C@H](CN(C)CC(N)=O)C1. The predicted octanol–water partition coefficient (Wildman–Crippen LogP) is 0.752. The molecule has 0 radical (unpaired) electrons. The van der Waals surface area contributed by atoms with Gasteiger partial charge in [-0.05, 0) is 37.2 Å². The molecule has 1 aromatic carbocycles. The second kappa shape index (κ2) is 7.67. The van der Waals surface area contributed by atoms with Crippen molar-refractivity contribution in [3.63, 3.8) is 0 Å². The van der Waals surface area contributed by atoms with Crippen LogP contribution in [0.25, 0.3) is 0 Å². The van der Waals surface area contributed by atoms with Crippen LogP contribution >= 0.6 is 0 Å². The van der Waals surface area contributed by atoms with E-state index in [4.69, 9.17) is 10.5 Å². The first-order chi connectivity index (χ1) is 10.4. The Morgan fingerprint density at radius 1 is 1.55 bits per heavy atom. The lowest BCUT2D eigenvalue weighted by atomic mass is 10.1. The Labute approximate surface area is 130 Å². The molecule has 1 atom stereocenters. The van der Waals surface area contributed by atoms with E-state index in [-0.39, 0.29) is 24.4 Å². The molecule has 1 fully saturated rings. The molecule has 0 spiro atoms. The number of nitrogens with zero attached hydrogens (tertiary/aromatic N) is 2. The molecular weight excluding hydrogens is 285 g/mol. The van der Waals surface area contributed by atoms with Gasteiger partial charge in [-0.1, -0.05) is 6.07 Å². The molecule has 0 unspecified atom stereocenters. The average Bonchev–Trinajstić information content (AvgIpc) is 2.41. The van der Waals surface area contributed by atoms with Crippen molar-refractivity contribution in [3.8, 4) is 0 Å². The summed E-state index contributed by atoms with van der Waals surface area (Å²) in [6, 6.07) is 4.91. The van der Waals surface area contributed by atoms with Crippen LogP contribution < -0.4 is 5.73 Å². The number of morpholine rings is 1. The van der Waals surface area contributed by atoms with Crippen LogP contribution in [0.5, 0.6) is 0 Å². The molecule has 6 heteroatoms. The number of ether oxygens (including phenoxy) is 1. The third-order valence-electron chi connectivity index (χ3n) is 3.86. The van der Waals surface area contributed by atoms with Gasteiger partial charge in [0.25, 0.3) is 0 Å². The first-order valence-corrected chi connectivity index (χ1v) is 7.50. The first kappa shape index (κ1) is 16.9. The first-order valence-electron chi connectivity index (χ1n) is 7.50. The lowest BCUT2D eigenvalue weighted by Crippen LogP contribution is -2.47. The predicted molar refractivity (Wildman–Crippen MR) is 82.8 cm³/mol. The molecule has 1 amide bonds. The smallest absolute Gasteiger partial charge is 0.231 e. The van der Waals surface area contributed by atoms with E-state index in [1.165, 1.54) is 6.07 Å². The zero-order chi connectivity index (χ0) is 16.1. The van der Waals surface area contributed by atoms with E-state index in [1.807, 2.05) is 24.9 Å². The fourth-order valence-electron chi connectivity index (χ4n) is 2.79. The standard InChI is InChI=1S/C16H24FN3O2/c1-12-7-14(17)4-3-13(12)8-20-5-6-22-15(10-20)9-19(2)11-16(18)21/h3-4,7,15H,5-6,8-11H2,1-2H3,(H2,18,21)/t15-/m1/s1. The van der Waals surface area contributed by atoms with Gasteiger partial charge in [-0.15, -0.1) is 0 Å². The van der Waals surface area contributed by atoms with E-state index < -0.39 is 0 Å². The number of primary amides is 1. The summed E-state index contributed by atoms with van der Waals surface area (Å²) in [6.07, 6.45) is 0.0545. The Bertz CT molecular complexity index is 524. The number of likely N-dealkylation sites (N-methyl/N-ethyl adjacent to an activating group) is 1. The maximum Gasteiger partial charge on any atom is 0.231 e. The molecule has 0 bridgehead atoms. The van der Waals surface area contributed by atoms with Crippen molar-refractivity contribution in [2.75, 3.05) is 39.8 Å². The van der Waals surface area contributed by atoms with Crippen LogP contribution in [0.15, 0.2) is 18.2 Å². The van der Waals surface area contributed by atoms with Gasteiger partial charge < -0.3 is 10.5 Å². The fraction of sp³-hybridized carbons (Fsp3) is 0.562. The van der Waals surface area contributed by atoms with Crippen LogP contribution in [0.4, 0.5) is 4.39 Å². The summed E-state index contributed by atoms with van der Waals surface area (Å²) in [4.78, 5) is 15.1. The van der Waals surface area contributed by atoms with Crippen molar-refractivity contribution in [1.82, 2.24) is 9.80 Å². The highest BCUT2D eigenvalue weighted by atomic mass is 19.1. The Balaban J connectivity index is 1.89. The zero-order valence-electron chi connectivity index (χ0n) is 13.2. The number of benzene rings is 1. The summed E-state index contributed by atoms with van der Waals surface area (Å²) in [7, 11) is 1.86. The maximum atomic E-state index is 13.2. The molecule has 1 heterocycles. The van der Waals surface area contributed by atoms with E-state index >= 15 is 0 Å². The molecule has 1 aliphatic rings. The van der Waals surface area contributed by atoms with Gasteiger partial charge in [0.15, 0.2) is 0 Å². The molecule has 0 aromatic heterocycles. The summed E-state index contributed by atoms with van der Waals surface area (Å²) in [5, 5.41) is 0. The topological polar surface area (TPSA) is 58.8 Å². The van der Waals surface area contributed by atoms with Crippen molar-refractivity contribution in [3.05, 3.63) is 35.1 Å². The number of hydrogen-bond acceptors (Lipinski definition) is 4. The van der Waals surface area contributed by atoms with Crippen LogP contribution in [0.1, 0.15) is 11.1 Å². The third-order valence-corrected chi connectivity index (χ3v) is 3.86. The highest BCUT2D eigenvalue weighted by Crippen LogP contribution is 2.15. The molecule has 2 N–H and O–H groups in total. The highest BCUT2D eigenvalue weighted by molar-refractivity contribution is 5.75. The summed E-state index contributed by atoms with van der Waals surface area (Å²) in [5.74, 6) is -0.536. The van der Waals surface area contributed by atoms with Crippen LogP contribution in [-0.2, 0) is 16.1 Å². The Kier molecular flexibility index (Phi) is 5.88. The maximum absolute atomic E-state index is 13.2. The number of halogens is 1. The minimum absolute atomic E-state index is 0.0545. The lowest BCUT2D eigenvalue weighted by molar-refractivity contribution is -0.119. The second-order valence-corrected chi connectivity index (χ2v) is 5.96. The molecule has 5 nitrogen and oxygen atoms in total. The molecule has 0 aliphatic carbocycles. The number of nitrogens with two attached hydrogens (primary N) is 1. The van der Waals surface area contributed by atoms with Crippen molar-refractivity contribution in [1.29, 1.82) is 0 Å².